The number of halogens is 1. The Morgan fingerprint density at radius 1 is 1.29 bits per heavy atom. The zero-order chi connectivity index (χ0) is 19.7. The molecule has 1 saturated carbocycles. The molecule has 2 aliphatic rings. The van der Waals surface area contributed by atoms with E-state index in [4.69, 9.17) is 4.74 Å². The number of ether oxygens (including phenoxy) is 1. The number of anilines is 1. The maximum Gasteiger partial charge on any atom is 0.230 e. The summed E-state index contributed by atoms with van der Waals surface area (Å²) in [7, 11) is 0. The second kappa shape index (κ2) is 7.83. The van der Waals surface area contributed by atoms with Gasteiger partial charge in [-0.05, 0) is 57.9 Å². The van der Waals surface area contributed by atoms with Crippen LogP contribution in [0.1, 0.15) is 30.7 Å². The van der Waals surface area contributed by atoms with Crippen LogP contribution in [0.5, 0.6) is 5.75 Å². The van der Waals surface area contributed by atoms with E-state index in [1.165, 1.54) is 0 Å². The minimum Gasteiger partial charge on any atom is -0.488 e. The number of nitrogens with one attached hydrogen (secondary N) is 2. The first-order valence-corrected chi connectivity index (χ1v) is 9.78. The van der Waals surface area contributed by atoms with Crippen LogP contribution in [-0.4, -0.2) is 41.2 Å². The SMILES string of the molecule is Cc1ncnc(C)c1-c1cc(NC(=O)C2CC2F)ccc1O[C@@H]1CCCNC1. The molecule has 0 bridgehead atoms. The van der Waals surface area contributed by atoms with Crippen molar-refractivity contribution in [3.05, 3.63) is 35.9 Å². The van der Waals surface area contributed by atoms with Crippen LogP contribution in [0, 0.1) is 19.8 Å². The molecule has 1 aromatic carbocycles. The quantitative estimate of drug-likeness (QED) is 0.828. The molecule has 4 rings (SSSR count). The number of carbonyl (C=O) groups excluding carboxylic acids is 1. The molecule has 2 fully saturated rings. The number of hydrogen-bond acceptors (Lipinski definition) is 5. The molecule has 6 nitrogen and oxygen atoms in total. The van der Waals surface area contributed by atoms with Gasteiger partial charge in [-0.25, -0.2) is 14.4 Å². The molecule has 1 saturated heterocycles. The molecule has 0 spiro atoms. The molecule has 1 amide bonds. The molecule has 28 heavy (non-hydrogen) atoms. The van der Waals surface area contributed by atoms with Gasteiger partial charge in [-0.15, -0.1) is 0 Å². The van der Waals surface area contributed by atoms with Crippen molar-refractivity contribution in [1.29, 1.82) is 0 Å². The third-order valence-corrected chi connectivity index (χ3v) is 5.34. The van der Waals surface area contributed by atoms with Crippen molar-refractivity contribution in [3.8, 4) is 16.9 Å². The highest BCUT2D eigenvalue weighted by atomic mass is 19.1. The Morgan fingerprint density at radius 3 is 2.68 bits per heavy atom. The van der Waals surface area contributed by atoms with E-state index >= 15 is 0 Å². The van der Waals surface area contributed by atoms with Crippen molar-refractivity contribution in [2.24, 2.45) is 5.92 Å². The number of hydrogen-bond donors (Lipinski definition) is 2. The number of nitrogens with zero attached hydrogens (tertiary/aromatic N) is 2. The standard InChI is InChI=1S/C21H25FN4O2/c1-12-20(13(2)25-11-24-12)17-8-14(26-21(27)16-9-18(16)22)5-6-19(17)28-15-4-3-7-23-10-15/h5-6,8,11,15-16,18,23H,3-4,7,9-10H2,1-2H3,(H,26,27)/t15-,16?,18?/m1/s1. The van der Waals surface area contributed by atoms with Gasteiger partial charge in [-0.2, -0.15) is 0 Å². The second-order valence-electron chi connectivity index (χ2n) is 7.56. The predicted octanol–water partition coefficient (Wildman–Crippen LogP) is 3.19. The van der Waals surface area contributed by atoms with E-state index in [1.807, 2.05) is 26.0 Å². The van der Waals surface area contributed by atoms with Gasteiger partial charge in [0.05, 0.1) is 5.92 Å². The van der Waals surface area contributed by atoms with E-state index in [9.17, 15) is 9.18 Å². The molecule has 2 N–H and O–H groups in total. The summed E-state index contributed by atoms with van der Waals surface area (Å²) in [6, 6.07) is 5.54. The highest BCUT2D eigenvalue weighted by Crippen LogP contribution is 2.38. The number of amides is 1. The molecule has 1 aliphatic carbocycles. The van der Waals surface area contributed by atoms with Crippen LogP contribution < -0.4 is 15.4 Å². The van der Waals surface area contributed by atoms with Gasteiger partial charge in [-0.3, -0.25) is 4.79 Å². The summed E-state index contributed by atoms with van der Waals surface area (Å²) in [4.78, 5) is 20.8. The van der Waals surface area contributed by atoms with E-state index in [1.54, 1.807) is 12.4 Å². The van der Waals surface area contributed by atoms with Crippen LogP contribution in [0.3, 0.4) is 0 Å². The normalized spacial score (nSPS) is 23.9. The number of carbonyl (C=O) groups is 1. The van der Waals surface area contributed by atoms with E-state index < -0.39 is 12.1 Å². The Hall–Kier alpha value is -2.54. The van der Waals surface area contributed by atoms with Crippen molar-refractivity contribution in [1.82, 2.24) is 15.3 Å². The Kier molecular flexibility index (Phi) is 5.26. The molecule has 3 atom stereocenters. The van der Waals surface area contributed by atoms with E-state index in [-0.39, 0.29) is 12.0 Å². The van der Waals surface area contributed by atoms with E-state index in [2.05, 4.69) is 20.6 Å². The number of alkyl halides is 1. The minimum absolute atomic E-state index is 0.0944. The summed E-state index contributed by atoms with van der Waals surface area (Å²) in [5, 5.41) is 6.18. The fourth-order valence-electron chi connectivity index (χ4n) is 3.66. The summed E-state index contributed by atoms with van der Waals surface area (Å²) < 4.78 is 19.5. The van der Waals surface area contributed by atoms with Crippen LogP contribution in [0.4, 0.5) is 10.1 Å². The molecule has 2 heterocycles. The van der Waals surface area contributed by atoms with Gasteiger partial charge in [-0.1, -0.05) is 0 Å². The average molecular weight is 384 g/mol. The van der Waals surface area contributed by atoms with Gasteiger partial charge >= 0.3 is 0 Å². The Labute approximate surface area is 163 Å². The fourth-order valence-corrected chi connectivity index (χ4v) is 3.66. The minimum atomic E-state index is -1.02. The number of rotatable bonds is 5. The van der Waals surface area contributed by atoms with Gasteiger partial charge in [0.2, 0.25) is 5.91 Å². The first kappa shape index (κ1) is 18.8. The Balaban J connectivity index is 1.67. The summed E-state index contributed by atoms with van der Waals surface area (Å²) >= 11 is 0. The molecule has 7 heteroatoms. The number of aromatic nitrogens is 2. The predicted molar refractivity (Wildman–Crippen MR) is 105 cm³/mol. The summed E-state index contributed by atoms with van der Waals surface area (Å²) in [6.07, 6.45) is 2.99. The van der Waals surface area contributed by atoms with Gasteiger partial charge in [0, 0.05) is 34.7 Å². The van der Waals surface area contributed by atoms with Gasteiger partial charge in [0.25, 0.3) is 0 Å². The molecular weight excluding hydrogens is 359 g/mol. The van der Waals surface area contributed by atoms with Gasteiger partial charge in [0.1, 0.15) is 24.4 Å². The number of piperidine rings is 1. The lowest BCUT2D eigenvalue weighted by atomic mass is 10.0. The van der Waals surface area contributed by atoms with Crippen LogP contribution in [0.15, 0.2) is 24.5 Å². The third-order valence-electron chi connectivity index (χ3n) is 5.34. The average Bonchev–Trinajstić information content (AvgIpc) is 3.41. The topological polar surface area (TPSA) is 76.1 Å². The second-order valence-corrected chi connectivity index (χ2v) is 7.56. The smallest absolute Gasteiger partial charge is 0.230 e. The van der Waals surface area contributed by atoms with Crippen molar-refractivity contribution in [2.45, 2.75) is 45.4 Å². The highest BCUT2D eigenvalue weighted by Gasteiger charge is 2.43. The van der Waals surface area contributed by atoms with Crippen LogP contribution >= 0.6 is 0 Å². The van der Waals surface area contributed by atoms with Crippen LogP contribution in [0.2, 0.25) is 0 Å². The molecule has 2 unspecified atom stereocenters. The third kappa shape index (κ3) is 3.99. The fraction of sp³-hybridized carbons (Fsp3) is 0.476. The van der Waals surface area contributed by atoms with Crippen molar-refractivity contribution >= 4 is 11.6 Å². The lowest BCUT2D eigenvalue weighted by molar-refractivity contribution is -0.117. The van der Waals surface area contributed by atoms with Crippen LogP contribution in [0.25, 0.3) is 11.1 Å². The molecule has 2 aromatic rings. The highest BCUT2D eigenvalue weighted by molar-refractivity contribution is 5.95. The van der Waals surface area contributed by atoms with Crippen molar-refractivity contribution in [3.63, 3.8) is 0 Å². The first-order valence-electron chi connectivity index (χ1n) is 9.78. The molecule has 0 radical (unpaired) electrons. The Morgan fingerprint density at radius 2 is 2.04 bits per heavy atom. The summed E-state index contributed by atoms with van der Waals surface area (Å²) in [5.41, 5.74) is 4.04. The number of aryl methyl sites for hydroxylation is 2. The zero-order valence-electron chi connectivity index (χ0n) is 16.2. The largest absolute Gasteiger partial charge is 0.488 e. The van der Waals surface area contributed by atoms with E-state index in [0.29, 0.717) is 12.1 Å². The summed E-state index contributed by atoms with van der Waals surface area (Å²) in [5.74, 6) is -0.0694. The van der Waals surface area contributed by atoms with Gasteiger partial charge < -0.3 is 15.4 Å². The molecular formula is C21H25FN4O2. The molecule has 1 aliphatic heterocycles. The summed E-state index contributed by atoms with van der Waals surface area (Å²) in [6.45, 7) is 5.68. The lowest BCUT2D eigenvalue weighted by Gasteiger charge is -2.26. The first-order chi connectivity index (χ1) is 13.5. The van der Waals surface area contributed by atoms with Crippen LogP contribution in [-0.2, 0) is 4.79 Å². The lowest BCUT2D eigenvalue weighted by Crippen LogP contribution is -2.37. The van der Waals surface area contributed by atoms with Crippen molar-refractivity contribution in [2.75, 3.05) is 18.4 Å². The molecule has 148 valence electrons. The maximum absolute atomic E-state index is 13.2. The Bertz CT molecular complexity index is 862. The maximum atomic E-state index is 13.2. The van der Waals surface area contributed by atoms with E-state index in [0.717, 1.165) is 54.2 Å². The van der Waals surface area contributed by atoms with Crippen molar-refractivity contribution < 1.29 is 13.9 Å². The number of benzene rings is 1. The monoisotopic (exact) mass is 384 g/mol. The zero-order valence-corrected chi connectivity index (χ0v) is 16.2. The van der Waals surface area contributed by atoms with Gasteiger partial charge in [0.15, 0.2) is 0 Å². The molecule has 1 aromatic heterocycles.